The molecular weight excluding hydrogens is 508 g/mol. The molecular formula is C30H46N6O2S. The van der Waals surface area contributed by atoms with Gasteiger partial charge in [-0.25, -0.2) is 9.79 Å². The molecule has 0 spiro atoms. The largest absolute Gasteiger partial charge is 0.398 e. The Morgan fingerprint density at radius 1 is 1.13 bits per heavy atom. The third-order valence-electron chi connectivity index (χ3n) is 5.25. The number of amidine groups is 1. The highest BCUT2D eigenvalue weighted by atomic mass is 32.2. The molecule has 0 aliphatic rings. The van der Waals surface area contributed by atoms with Crippen LogP contribution in [0.15, 0.2) is 86.5 Å². The molecule has 1 aromatic rings. The van der Waals surface area contributed by atoms with Crippen molar-refractivity contribution in [1.82, 2.24) is 16.0 Å². The molecule has 39 heavy (non-hydrogen) atoms. The predicted octanol–water partition coefficient (Wildman–Crippen LogP) is 6.19. The number of hydrogen-bond donors (Lipinski definition) is 4. The van der Waals surface area contributed by atoms with Crippen LogP contribution in [0, 0.1) is 0 Å². The lowest BCUT2D eigenvalue weighted by atomic mass is 10.0. The number of hydrogen-bond acceptors (Lipinski definition) is 7. The van der Waals surface area contributed by atoms with Gasteiger partial charge in [0.25, 0.3) is 0 Å². The Morgan fingerprint density at radius 3 is 2.46 bits per heavy atom. The van der Waals surface area contributed by atoms with Crippen LogP contribution in [-0.2, 0) is 4.74 Å². The van der Waals surface area contributed by atoms with Crippen molar-refractivity contribution in [3.63, 3.8) is 0 Å². The number of ether oxygens (including phenoxy) is 1. The summed E-state index contributed by atoms with van der Waals surface area (Å²) in [7, 11) is 1.66. The fraction of sp³-hybridized carbons (Fsp3) is 0.433. The summed E-state index contributed by atoms with van der Waals surface area (Å²) < 4.78 is 5.03. The lowest BCUT2D eigenvalue weighted by Gasteiger charge is -2.17. The number of nitrogens with two attached hydrogens (primary N) is 1. The first-order valence-corrected chi connectivity index (χ1v) is 14.2. The predicted molar refractivity (Wildman–Crippen MR) is 169 cm³/mol. The van der Waals surface area contributed by atoms with Crippen molar-refractivity contribution >= 4 is 34.4 Å². The molecule has 0 aliphatic carbocycles. The van der Waals surface area contributed by atoms with E-state index in [1.54, 1.807) is 7.11 Å². The number of rotatable bonds is 15. The van der Waals surface area contributed by atoms with Gasteiger partial charge in [-0.3, -0.25) is 10.3 Å². The van der Waals surface area contributed by atoms with Gasteiger partial charge in [-0.15, -0.1) is 0 Å². The molecule has 214 valence electrons. The van der Waals surface area contributed by atoms with Crippen LogP contribution in [0.1, 0.15) is 53.9 Å². The number of carbonyl (C=O) groups is 1. The zero-order valence-electron chi connectivity index (χ0n) is 24.4. The van der Waals surface area contributed by atoms with Gasteiger partial charge in [0.15, 0.2) is 0 Å². The lowest BCUT2D eigenvalue weighted by Crippen LogP contribution is -2.43. The van der Waals surface area contributed by atoms with E-state index in [0.29, 0.717) is 37.6 Å². The number of allylic oxidation sites excluding steroid dienone is 4. The van der Waals surface area contributed by atoms with Crippen LogP contribution in [0.5, 0.6) is 0 Å². The molecule has 0 aliphatic heterocycles. The average Bonchev–Trinajstić information content (AvgIpc) is 2.88. The maximum Gasteiger partial charge on any atom is 0.320 e. The molecule has 5 N–H and O–H groups in total. The minimum absolute atomic E-state index is 0.347. The quantitative estimate of drug-likeness (QED) is 0.0894. The molecule has 8 nitrogen and oxygen atoms in total. The Labute approximate surface area is 239 Å². The van der Waals surface area contributed by atoms with Gasteiger partial charge in [0.05, 0.1) is 17.3 Å². The van der Waals surface area contributed by atoms with E-state index in [0.717, 1.165) is 51.9 Å². The maximum atomic E-state index is 12.8. The van der Waals surface area contributed by atoms with Crippen LogP contribution >= 0.6 is 11.8 Å². The SMILES string of the molecule is C=C(C)SC(C)=N/C(C)=C/C(=C\CCC)C(N)=C(CC)C(=Nc1ccccc1)NC(=O)NCCNCCOC. The monoisotopic (exact) mass is 554 g/mol. The van der Waals surface area contributed by atoms with Crippen LogP contribution in [0.2, 0.25) is 0 Å². The van der Waals surface area contributed by atoms with E-state index in [1.807, 2.05) is 64.1 Å². The summed E-state index contributed by atoms with van der Waals surface area (Å²) >= 11 is 1.54. The summed E-state index contributed by atoms with van der Waals surface area (Å²) in [5.74, 6) is 0.414. The highest BCUT2D eigenvalue weighted by Gasteiger charge is 2.16. The minimum atomic E-state index is -0.347. The number of para-hydroxylation sites is 1. The summed E-state index contributed by atoms with van der Waals surface area (Å²) in [6, 6.07) is 9.16. The normalized spacial score (nSPS) is 13.7. The minimum Gasteiger partial charge on any atom is -0.398 e. The molecule has 0 aromatic heterocycles. The van der Waals surface area contributed by atoms with Crippen molar-refractivity contribution in [3.05, 3.63) is 76.5 Å². The number of urea groups is 1. The molecule has 0 bridgehead atoms. The van der Waals surface area contributed by atoms with Crippen molar-refractivity contribution in [2.24, 2.45) is 15.7 Å². The second-order valence-corrected chi connectivity index (χ2v) is 10.3. The van der Waals surface area contributed by atoms with E-state index in [4.69, 9.17) is 20.5 Å². The van der Waals surface area contributed by atoms with Gasteiger partial charge in [-0.05, 0) is 62.3 Å². The van der Waals surface area contributed by atoms with Crippen molar-refractivity contribution in [3.8, 4) is 0 Å². The Balaban J connectivity index is 3.38. The van der Waals surface area contributed by atoms with Gasteiger partial charge in [-0.2, -0.15) is 0 Å². The van der Waals surface area contributed by atoms with E-state index >= 15 is 0 Å². The van der Waals surface area contributed by atoms with Crippen LogP contribution in [-0.4, -0.2) is 50.3 Å². The van der Waals surface area contributed by atoms with Gasteiger partial charge in [0.1, 0.15) is 5.84 Å². The van der Waals surface area contributed by atoms with E-state index in [2.05, 4.69) is 35.5 Å². The number of carbonyl (C=O) groups excluding carboxylic acids is 1. The fourth-order valence-electron chi connectivity index (χ4n) is 3.50. The number of benzene rings is 1. The molecule has 0 radical (unpaired) electrons. The molecule has 0 saturated heterocycles. The zero-order chi connectivity index (χ0) is 29.0. The number of nitrogens with zero attached hydrogens (tertiary/aromatic N) is 2. The zero-order valence-corrected chi connectivity index (χ0v) is 25.2. The van der Waals surface area contributed by atoms with Crippen LogP contribution < -0.4 is 21.7 Å². The molecule has 9 heteroatoms. The third-order valence-corrected chi connectivity index (χ3v) is 5.98. The van der Waals surface area contributed by atoms with E-state index in [9.17, 15) is 4.79 Å². The smallest absolute Gasteiger partial charge is 0.320 e. The van der Waals surface area contributed by atoms with Crippen LogP contribution in [0.25, 0.3) is 0 Å². The van der Waals surface area contributed by atoms with E-state index < -0.39 is 0 Å². The first-order valence-electron chi connectivity index (χ1n) is 13.4. The second kappa shape index (κ2) is 19.9. The Bertz CT molecular complexity index is 1070. The van der Waals surface area contributed by atoms with Gasteiger partial charge in [0, 0.05) is 43.7 Å². The molecule has 0 heterocycles. The topological polar surface area (TPSA) is 113 Å². The summed E-state index contributed by atoms with van der Waals surface area (Å²) in [5.41, 5.74) is 10.5. The Morgan fingerprint density at radius 2 is 1.85 bits per heavy atom. The van der Waals surface area contributed by atoms with Crippen molar-refractivity contribution in [2.45, 2.75) is 53.9 Å². The number of thioether (sulfide) groups is 1. The van der Waals surface area contributed by atoms with Crippen LogP contribution in [0.3, 0.4) is 0 Å². The van der Waals surface area contributed by atoms with E-state index in [1.165, 1.54) is 11.8 Å². The summed E-state index contributed by atoms with van der Waals surface area (Å²) in [6.07, 6.45) is 6.49. The van der Waals surface area contributed by atoms with E-state index in [-0.39, 0.29) is 6.03 Å². The number of methoxy groups -OCH3 is 1. The molecule has 2 amide bonds. The maximum absolute atomic E-state index is 12.8. The molecule has 0 atom stereocenters. The number of amides is 2. The Kier molecular flexibility index (Phi) is 17.3. The molecule has 0 unspecified atom stereocenters. The molecule has 1 rings (SSSR count). The molecule has 1 aromatic carbocycles. The van der Waals surface area contributed by atoms with Crippen molar-refractivity contribution < 1.29 is 9.53 Å². The van der Waals surface area contributed by atoms with Gasteiger partial charge >= 0.3 is 6.03 Å². The highest BCUT2D eigenvalue weighted by Crippen LogP contribution is 2.22. The first kappa shape index (κ1) is 33.9. The van der Waals surface area contributed by atoms with Crippen LogP contribution in [0.4, 0.5) is 10.5 Å². The summed E-state index contributed by atoms with van der Waals surface area (Å²) in [4.78, 5) is 23.3. The Hall–Kier alpha value is -3.14. The van der Waals surface area contributed by atoms with Gasteiger partial charge in [-0.1, -0.05) is 62.9 Å². The van der Waals surface area contributed by atoms with Crippen molar-refractivity contribution in [2.75, 3.05) is 33.4 Å². The second-order valence-electron chi connectivity index (χ2n) is 8.83. The lowest BCUT2D eigenvalue weighted by molar-refractivity contribution is 0.199. The third kappa shape index (κ3) is 14.6. The summed E-state index contributed by atoms with van der Waals surface area (Å²) in [6.45, 7) is 16.3. The molecule has 0 saturated carbocycles. The number of aliphatic imine (C=N–C) groups is 2. The first-order chi connectivity index (χ1) is 18.7. The number of unbranched alkanes of at least 4 members (excludes halogenated alkanes) is 1. The average molecular weight is 555 g/mol. The molecule has 0 fully saturated rings. The summed E-state index contributed by atoms with van der Waals surface area (Å²) in [5, 5.41) is 9.93. The fourth-order valence-corrected chi connectivity index (χ4v) is 4.20. The van der Waals surface area contributed by atoms with Gasteiger partial charge in [0.2, 0.25) is 0 Å². The van der Waals surface area contributed by atoms with Crippen molar-refractivity contribution in [1.29, 1.82) is 0 Å². The standard InChI is InChI=1S/C30H46N6O2S/c1-8-10-14-25(21-23(5)34-24(6)39-22(3)4)28(31)27(9-2)29(35-26-15-12-11-13-16-26)36-30(37)33-18-17-32-19-20-38-7/h11-16,21,32H,3,8-10,17-20,31H2,1-2,4-7H3,(H2,33,35,36,37)/b23-21+,25-14+,28-27?,34-24?. The highest BCUT2D eigenvalue weighted by molar-refractivity contribution is 8.17. The number of nitrogens with one attached hydrogen (secondary N) is 3. The van der Waals surface area contributed by atoms with Gasteiger partial charge < -0.3 is 21.1 Å².